The van der Waals surface area contributed by atoms with Gasteiger partial charge in [0.1, 0.15) is 0 Å². The number of nitrogens with zero attached hydrogens (tertiary/aromatic N) is 2. The molecule has 70 valence electrons. The summed E-state index contributed by atoms with van der Waals surface area (Å²) < 4.78 is 13.3. The minimum absolute atomic E-state index is 0.446. The third kappa shape index (κ3) is 1.62. The van der Waals surface area contributed by atoms with Crippen LogP contribution in [0.5, 0.6) is 0 Å². The molecule has 0 amide bonds. The Labute approximate surface area is 81.5 Å². The number of halogens is 1. The van der Waals surface area contributed by atoms with Crippen LogP contribution >= 0.6 is 0 Å². The zero-order valence-corrected chi connectivity index (χ0v) is 7.74. The lowest BCUT2D eigenvalue weighted by Crippen LogP contribution is -1.89. The molecule has 0 unspecified atom stereocenters. The number of hydrogen-bond acceptors (Lipinski definition) is 2. The van der Waals surface area contributed by atoms with Crippen LogP contribution in [-0.4, -0.2) is 9.97 Å². The van der Waals surface area contributed by atoms with Crippen molar-refractivity contribution in [1.29, 1.82) is 0 Å². The second kappa shape index (κ2) is 3.54. The summed E-state index contributed by atoms with van der Waals surface area (Å²) in [6, 6.07) is 7.03. The lowest BCUT2D eigenvalue weighted by molar-refractivity contribution is 0.587. The van der Waals surface area contributed by atoms with Gasteiger partial charge in [0, 0.05) is 23.7 Å². The average molecular weight is 188 g/mol. The summed E-state index contributed by atoms with van der Waals surface area (Å²) in [4.78, 5) is 7.65. The standard InChI is InChI=1S/C11H9FN2/c1-8-7-9(4-6-13-8)10-3-2-5-14-11(10)12/h2-7H,1H3. The highest BCUT2D eigenvalue weighted by atomic mass is 19.1. The van der Waals surface area contributed by atoms with E-state index in [0.717, 1.165) is 11.3 Å². The maximum absolute atomic E-state index is 13.3. The Morgan fingerprint density at radius 3 is 2.71 bits per heavy atom. The molecule has 0 aliphatic heterocycles. The summed E-state index contributed by atoms with van der Waals surface area (Å²) >= 11 is 0. The molecule has 0 fully saturated rings. The van der Waals surface area contributed by atoms with Crippen LogP contribution in [-0.2, 0) is 0 Å². The van der Waals surface area contributed by atoms with Crippen molar-refractivity contribution in [2.24, 2.45) is 0 Å². The summed E-state index contributed by atoms with van der Waals surface area (Å²) in [7, 11) is 0. The van der Waals surface area contributed by atoms with Crippen LogP contribution < -0.4 is 0 Å². The summed E-state index contributed by atoms with van der Waals surface area (Å²) in [5.41, 5.74) is 2.19. The van der Waals surface area contributed by atoms with Gasteiger partial charge in [-0.15, -0.1) is 0 Å². The Bertz CT molecular complexity index is 455. The molecule has 0 spiro atoms. The highest BCUT2D eigenvalue weighted by Crippen LogP contribution is 2.20. The smallest absolute Gasteiger partial charge is 0.220 e. The first-order valence-corrected chi connectivity index (χ1v) is 4.31. The Morgan fingerprint density at radius 2 is 2.00 bits per heavy atom. The Hall–Kier alpha value is -1.77. The largest absolute Gasteiger partial charge is 0.262 e. The van der Waals surface area contributed by atoms with Crippen molar-refractivity contribution in [3.63, 3.8) is 0 Å². The van der Waals surface area contributed by atoms with Crippen LogP contribution in [0.25, 0.3) is 11.1 Å². The zero-order valence-electron chi connectivity index (χ0n) is 7.74. The predicted molar refractivity (Wildman–Crippen MR) is 52.2 cm³/mol. The molecule has 14 heavy (non-hydrogen) atoms. The Morgan fingerprint density at radius 1 is 1.14 bits per heavy atom. The molecule has 2 rings (SSSR count). The monoisotopic (exact) mass is 188 g/mol. The van der Waals surface area contributed by atoms with Crippen LogP contribution in [0, 0.1) is 12.9 Å². The van der Waals surface area contributed by atoms with Gasteiger partial charge in [-0.05, 0) is 36.8 Å². The van der Waals surface area contributed by atoms with E-state index in [1.54, 1.807) is 24.4 Å². The van der Waals surface area contributed by atoms with E-state index in [0.29, 0.717) is 5.56 Å². The molecule has 0 atom stereocenters. The van der Waals surface area contributed by atoms with Gasteiger partial charge in [-0.2, -0.15) is 4.39 Å². The molecule has 0 aromatic carbocycles. The number of aryl methyl sites for hydroxylation is 1. The van der Waals surface area contributed by atoms with Crippen molar-refractivity contribution in [3.05, 3.63) is 48.3 Å². The lowest BCUT2D eigenvalue weighted by Gasteiger charge is -2.02. The fourth-order valence-electron chi connectivity index (χ4n) is 1.31. The molecule has 0 saturated heterocycles. The van der Waals surface area contributed by atoms with Gasteiger partial charge in [0.25, 0.3) is 0 Å². The molecule has 0 saturated carbocycles. The summed E-state index contributed by atoms with van der Waals surface area (Å²) in [5, 5.41) is 0. The van der Waals surface area contributed by atoms with Crippen LogP contribution in [0.3, 0.4) is 0 Å². The first kappa shape index (κ1) is 8.81. The Kier molecular flexibility index (Phi) is 2.23. The first-order chi connectivity index (χ1) is 6.77. The minimum atomic E-state index is -0.446. The van der Waals surface area contributed by atoms with Crippen LogP contribution in [0.15, 0.2) is 36.7 Å². The van der Waals surface area contributed by atoms with Gasteiger partial charge in [-0.3, -0.25) is 4.98 Å². The fourth-order valence-corrected chi connectivity index (χ4v) is 1.31. The molecule has 0 aliphatic rings. The van der Waals surface area contributed by atoms with Crippen molar-refractivity contribution in [3.8, 4) is 11.1 Å². The molecular weight excluding hydrogens is 179 g/mol. The first-order valence-electron chi connectivity index (χ1n) is 4.31. The topological polar surface area (TPSA) is 25.8 Å². The Balaban J connectivity index is 2.55. The fraction of sp³-hybridized carbons (Fsp3) is 0.0909. The van der Waals surface area contributed by atoms with Gasteiger partial charge in [0.05, 0.1) is 0 Å². The van der Waals surface area contributed by atoms with E-state index in [4.69, 9.17) is 0 Å². The van der Waals surface area contributed by atoms with Crippen LogP contribution in [0.1, 0.15) is 5.69 Å². The van der Waals surface area contributed by atoms with Crippen molar-refractivity contribution < 1.29 is 4.39 Å². The van der Waals surface area contributed by atoms with Gasteiger partial charge in [0.2, 0.25) is 5.95 Å². The molecule has 2 aromatic heterocycles. The molecule has 3 heteroatoms. The second-order valence-corrected chi connectivity index (χ2v) is 3.03. The van der Waals surface area contributed by atoms with Gasteiger partial charge in [-0.1, -0.05) is 0 Å². The van der Waals surface area contributed by atoms with Crippen LogP contribution in [0.4, 0.5) is 4.39 Å². The molecule has 2 nitrogen and oxygen atoms in total. The normalized spacial score (nSPS) is 10.1. The number of hydrogen-bond donors (Lipinski definition) is 0. The number of rotatable bonds is 1. The number of aromatic nitrogens is 2. The molecule has 0 N–H and O–H groups in total. The van der Waals surface area contributed by atoms with Crippen molar-refractivity contribution in [2.45, 2.75) is 6.92 Å². The molecular formula is C11H9FN2. The van der Waals surface area contributed by atoms with Crippen LogP contribution in [0.2, 0.25) is 0 Å². The van der Waals surface area contributed by atoms with Crippen molar-refractivity contribution in [1.82, 2.24) is 9.97 Å². The summed E-state index contributed by atoms with van der Waals surface area (Å²) in [5.74, 6) is -0.446. The number of pyridine rings is 2. The van der Waals surface area contributed by atoms with E-state index in [1.165, 1.54) is 6.20 Å². The van der Waals surface area contributed by atoms with Gasteiger partial charge in [-0.25, -0.2) is 4.98 Å². The highest BCUT2D eigenvalue weighted by Gasteiger charge is 2.04. The van der Waals surface area contributed by atoms with E-state index in [1.807, 2.05) is 13.0 Å². The predicted octanol–water partition coefficient (Wildman–Crippen LogP) is 2.59. The maximum atomic E-state index is 13.3. The molecule has 0 bridgehead atoms. The van der Waals surface area contributed by atoms with E-state index >= 15 is 0 Å². The third-order valence-electron chi connectivity index (χ3n) is 1.97. The average Bonchev–Trinajstić information content (AvgIpc) is 2.18. The molecule has 2 aromatic rings. The lowest BCUT2D eigenvalue weighted by atomic mass is 10.1. The molecule has 0 aliphatic carbocycles. The van der Waals surface area contributed by atoms with E-state index in [2.05, 4.69) is 9.97 Å². The van der Waals surface area contributed by atoms with Crippen molar-refractivity contribution >= 4 is 0 Å². The minimum Gasteiger partial charge on any atom is -0.262 e. The van der Waals surface area contributed by atoms with E-state index in [-0.39, 0.29) is 0 Å². The zero-order chi connectivity index (χ0) is 9.97. The summed E-state index contributed by atoms with van der Waals surface area (Å²) in [6.45, 7) is 1.87. The van der Waals surface area contributed by atoms with Gasteiger partial charge >= 0.3 is 0 Å². The van der Waals surface area contributed by atoms with E-state index in [9.17, 15) is 4.39 Å². The maximum Gasteiger partial charge on any atom is 0.220 e. The highest BCUT2D eigenvalue weighted by molar-refractivity contribution is 5.62. The SMILES string of the molecule is Cc1cc(-c2cccnc2F)ccn1. The van der Waals surface area contributed by atoms with Gasteiger partial charge in [0.15, 0.2) is 0 Å². The quantitative estimate of drug-likeness (QED) is 0.643. The summed E-state index contributed by atoms with van der Waals surface area (Å²) in [6.07, 6.45) is 3.10. The molecule has 2 heterocycles. The van der Waals surface area contributed by atoms with Gasteiger partial charge < -0.3 is 0 Å². The van der Waals surface area contributed by atoms with Crippen molar-refractivity contribution in [2.75, 3.05) is 0 Å². The molecule has 0 radical (unpaired) electrons. The third-order valence-corrected chi connectivity index (χ3v) is 1.97. The second-order valence-electron chi connectivity index (χ2n) is 3.03. The van der Waals surface area contributed by atoms with E-state index < -0.39 is 5.95 Å².